The Hall–Kier alpha value is -0.900. The highest BCUT2D eigenvalue weighted by atomic mass is 32.1. The summed E-state index contributed by atoms with van der Waals surface area (Å²) < 4.78 is 0. The summed E-state index contributed by atoms with van der Waals surface area (Å²) in [5.41, 5.74) is 0.984. The average Bonchev–Trinajstić information content (AvgIpc) is 2.49. The van der Waals surface area contributed by atoms with Crippen LogP contribution in [0.15, 0.2) is 0 Å². The van der Waals surface area contributed by atoms with Crippen molar-refractivity contribution in [3.63, 3.8) is 0 Å². The Morgan fingerprint density at radius 2 is 2.31 bits per heavy atom. The van der Waals surface area contributed by atoms with E-state index in [9.17, 15) is 4.79 Å². The molecule has 2 rings (SSSR count). The van der Waals surface area contributed by atoms with Gasteiger partial charge in [0.05, 0.1) is 10.7 Å². The van der Waals surface area contributed by atoms with Crippen LogP contribution in [-0.2, 0) is 6.42 Å². The van der Waals surface area contributed by atoms with Crippen LogP contribution in [0.2, 0.25) is 0 Å². The molecule has 0 aromatic carbocycles. The van der Waals surface area contributed by atoms with E-state index in [-0.39, 0.29) is 5.91 Å². The molecule has 3 nitrogen and oxygen atoms in total. The monoisotopic (exact) mass is 196 g/mol. The van der Waals surface area contributed by atoms with Gasteiger partial charge in [-0.25, -0.2) is 4.98 Å². The second-order valence-electron chi connectivity index (χ2n) is 3.49. The summed E-state index contributed by atoms with van der Waals surface area (Å²) in [4.78, 5) is 16.7. The van der Waals surface area contributed by atoms with E-state index in [1.54, 1.807) is 0 Å². The fourth-order valence-electron chi connectivity index (χ4n) is 1.34. The maximum absolute atomic E-state index is 11.4. The Morgan fingerprint density at radius 1 is 1.54 bits per heavy atom. The molecule has 1 N–H and O–H groups in total. The number of carbonyl (C=O) groups excluding carboxylic acids is 1. The highest BCUT2D eigenvalue weighted by Gasteiger charge is 2.22. The Labute approximate surface area is 81.2 Å². The molecule has 0 radical (unpaired) electrons. The van der Waals surface area contributed by atoms with E-state index in [4.69, 9.17) is 0 Å². The van der Waals surface area contributed by atoms with Gasteiger partial charge in [-0.1, -0.05) is 13.8 Å². The van der Waals surface area contributed by atoms with Gasteiger partial charge in [0.2, 0.25) is 0 Å². The van der Waals surface area contributed by atoms with Crippen LogP contribution < -0.4 is 5.32 Å². The third kappa shape index (κ3) is 1.46. The third-order valence-corrected chi connectivity index (χ3v) is 3.46. The second-order valence-corrected chi connectivity index (χ2v) is 4.52. The molecule has 0 atom stereocenters. The summed E-state index contributed by atoms with van der Waals surface area (Å²) in [7, 11) is 0. The lowest BCUT2D eigenvalue weighted by Gasteiger charge is -2.09. The topological polar surface area (TPSA) is 42.0 Å². The molecule has 1 aromatic heterocycles. The standard InChI is InChI=1S/C9H12N2OS/c1-5(2)9-11-6-3-4-10-8(12)7(6)13-9/h5H,3-4H2,1-2H3,(H,10,12). The number of hydrogen-bond donors (Lipinski definition) is 1. The first-order chi connectivity index (χ1) is 6.18. The van der Waals surface area contributed by atoms with Gasteiger partial charge in [0.25, 0.3) is 5.91 Å². The summed E-state index contributed by atoms with van der Waals surface area (Å²) in [5, 5.41) is 3.89. The second kappa shape index (κ2) is 3.10. The predicted octanol–water partition coefficient (Wildman–Crippen LogP) is 1.55. The van der Waals surface area contributed by atoms with E-state index in [1.165, 1.54) is 11.3 Å². The third-order valence-electron chi connectivity index (χ3n) is 2.06. The van der Waals surface area contributed by atoms with Crippen LogP contribution in [0.25, 0.3) is 0 Å². The summed E-state index contributed by atoms with van der Waals surface area (Å²) >= 11 is 1.53. The summed E-state index contributed by atoms with van der Waals surface area (Å²) in [6, 6.07) is 0. The van der Waals surface area contributed by atoms with Crippen molar-refractivity contribution in [2.75, 3.05) is 6.54 Å². The van der Waals surface area contributed by atoms with Crippen LogP contribution in [-0.4, -0.2) is 17.4 Å². The molecule has 1 amide bonds. The van der Waals surface area contributed by atoms with Gasteiger partial charge in [0, 0.05) is 18.9 Å². The number of nitrogens with one attached hydrogen (secondary N) is 1. The minimum atomic E-state index is 0.0469. The first-order valence-corrected chi connectivity index (χ1v) is 5.28. The van der Waals surface area contributed by atoms with Gasteiger partial charge in [-0.2, -0.15) is 0 Å². The van der Waals surface area contributed by atoms with E-state index in [1.807, 2.05) is 0 Å². The molecule has 1 aromatic rings. The number of carbonyl (C=O) groups is 1. The molecular weight excluding hydrogens is 184 g/mol. The molecule has 4 heteroatoms. The lowest BCUT2D eigenvalue weighted by atomic mass is 10.2. The zero-order valence-electron chi connectivity index (χ0n) is 7.76. The summed E-state index contributed by atoms with van der Waals surface area (Å²) in [5.74, 6) is 0.467. The van der Waals surface area contributed by atoms with Crippen molar-refractivity contribution in [3.8, 4) is 0 Å². The first-order valence-electron chi connectivity index (χ1n) is 4.46. The van der Waals surface area contributed by atoms with E-state index < -0.39 is 0 Å². The number of nitrogens with zero attached hydrogens (tertiary/aromatic N) is 1. The highest BCUT2D eigenvalue weighted by molar-refractivity contribution is 7.13. The SMILES string of the molecule is CC(C)c1nc2c(s1)C(=O)NCC2. The van der Waals surface area contributed by atoms with E-state index in [0.717, 1.165) is 28.5 Å². The Balaban J connectivity index is 2.42. The Kier molecular flexibility index (Phi) is 2.07. The van der Waals surface area contributed by atoms with Gasteiger partial charge in [-0.3, -0.25) is 4.79 Å². The average molecular weight is 196 g/mol. The van der Waals surface area contributed by atoms with Gasteiger partial charge < -0.3 is 5.32 Å². The maximum Gasteiger partial charge on any atom is 0.263 e. The number of fused-ring (bicyclic) bond motifs is 1. The van der Waals surface area contributed by atoms with E-state index >= 15 is 0 Å². The van der Waals surface area contributed by atoms with Crippen LogP contribution in [0.5, 0.6) is 0 Å². The molecular formula is C9H12N2OS. The summed E-state index contributed by atoms with van der Waals surface area (Å²) in [6.45, 7) is 4.93. The lowest BCUT2D eigenvalue weighted by Crippen LogP contribution is -2.30. The molecule has 0 saturated heterocycles. The van der Waals surface area contributed by atoms with E-state index in [0.29, 0.717) is 5.92 Å². The Bertz CT molecular complexity index is 343. The number of hydrogen-bond acceptors (Lipinski definition) is 3. The molecule has 0 aliphatic carbocycles. The lowest BCUT2D eigenvalue weighted by molar-refractivity contribution is 0.0950. The van der Waals surface area contributed by atoms with Crippen LogP contribution in [0.1, 0.15) is 40.1 Å². The van der Waals surface area contributed by atoms with Crippen molar-refractivity contribution in [1.29, 1.82) is 0 Å². The molecule has 0 bridgehead atoms. The fourth-order valence-corrected chi connectivity index (χ4v) is 2.37. The molecule has 0 fully saturated rings. The quantitative estimate of drug-likeness (QED) is 0.740. The first kappa shape index (κ1) is 8.69. The minimum Gasteiger partial charge on any atom is -0.351 e. The largest absolute Gasteiger partial charge is 0.351 e. The van der Waals surface area contributed by atoms with Crippen molar-refractivity contribution in [2.24, 2.45) is 0 Å². The number of rotatable bonds is 1. The molecule has 13 heavy (non-hydrogen) atoms. The predicted molar refractivity (Wildman–Crippen MR) is 52.2 cm³/mol. The smallest absolute Gasteiger partial charge is 0.263 e. The number of thiazole rings is 1. The fraction of sp³-hybridized carbons (Fsp3) is 0.556. The van der Waals surface area contributed by atoms with E-state index in [2.05, 4.69) is 24.1 Å². The molecule has 0 spiro atoms. The maximum atomic E-state index is 11.4. The minimum absolute atomic E-state index is 0.0469. The zero-order chi connectivity index (χ0) is 9.42. The van der Waals surface area contributed by atoms with Crippen molar-refractivity contribution >= 4 is 17.2 Å². The molecule has 0 saturated carbocycles. The van der Waals surface area contributed by atoms with Crippen LogP contribution in [0.3, 0.4) is 0 Å². The zero-order valence-corrected chi connectivity index (χ0v) is 8.57. The van der Waals surface area contributed by atoms with Crippen LogP contribution in [0, 0.1) is 0 Å². The molecule has 1 aliphatic rings. The normalized spacial score (nSPS) is 15.8. The van der Waals surface area contributed by atoms with Gasteiger partial charge >= 0.3 is 0 Å². The molecule has 1 aliphatic heterocycles. The van der Waals surface area contributed by atoms with Gasteiger partial charge in [0.15, 0.2) is 0 Å². The van der Waals surface area contributed by atoms with Crippen molar-refractivity contribution < 1.29 is 4.79 Å². The Morgan fingerprint density at radius 3 is 2.92 bits per heavy atom. The van der Waals surface area contributed by atoms with Crippen LogP contribution in [0.4, 0.5) is 0 Å². The highest BCUT2D eigenvalue weighted by Crippen LogP contribution is 2.26. The number of amides is 1. The molecule has 2 heterocycles. The van der Waals surface area contributed by atoms with Gasteiger partial charge in [0.1, 0.15) is 4.88 Å². The van der Waals surface area contributed by atoms with Crippen molar-refractivity contribution in [1.82, 2.24) is 10.3 Å². The summed E-state index contributed by atoms with van der Waals surface area (Å²) in [6.07, 6.45) is 0.879. The van der Waals surface area contributed by atoms with Crippen LogP contribution >= 0.6 is 11.3 Å². The van der Waals surface area contributed by atoms with Gasteiger partial charge in [-0.05, 0) is 0 Å². The van der Waals surface area contributed by atoms with Gasteiger partial charge in [-0.15, -0.1) is 11.3 Å². The molecule has 0 unspecified atom stereocenters. The number of aromatic nitrogens is 1. The van der Waals surface area contributed by atoms with Crippen molar-refractivity contribution in [2.45, 2.75) is 26.2 Å². The van der Waals surface area contributed by atoms with Crippen molar-refractivity contribution in [3.05, 3.63) is 15.6 Å². The molecule has 70 valence electrons.